The smallest absolute Gasteiger partial charge is 0.337 e. The number of nitrogens with one attached hydrogen (secondary N) is 1. The maximum Gasteiger partial charge on any atom is 0.354 e. The van der Waals surface area contributed by atoms with Gasteiger partial charge in [-0.15, -0.1) is 0 Å². The van der Waals surface area contributed by atoms with Gasteiger partial charge in [0.05, 0.1) is 34.6 Å². The number of hydrogen-bond donors (Lipinski definition) is 1. The Labute approximate surface area is 250 Å². The van der Waals surface area contributed by atoms with Gasteiger partial charge >= 0.3 is 5.69 Å². The summed E-state index contributed by atoms with van der Waals surface area (Å²) < 4.78 is 49.8. The second kappa shape index (κ2) is 10.6. The largest absolute Gasteiger partial charge is 0.354 e. The molecule has 226 valence electrons. The molecule has 4 aromatic rings. The molecule has 0 spiro atoms. The van der Waals surface area contributed by atoms with E-state index in [9.17, 15) is 14.4 Å². The summed E-state index contributed by atoms with van der Waals surface area (Å²) in [5.41, 5.74) is -1.58. The van der Waals surface area contributed by atoms with Crippen molar-refractivity contribution in [1.29, 1.82) is 0 Å². The number of carbonyl (C=O) groups is 2. The molecule has 0 aliphatic carbocycles. The van der Waals surface area contributed by atoms with Crippen molar-refractivity contribution in [2.24, 2.45) is 0 Å². The molecule has 44 heavy (non-hydrogen) atoms. The van der Waals surface area contributed by atoms with Gasteiger partial charge in [0.25, 0.3) is 0 Å². The van der Waals surface area contributed by atoms with Gasteiger partial charge < -0.3 is 15.1 Å². The lowest BCUT2D eigenvalue weighted by Crippen LogP contribution is -2.62. The highest BCUT2D eigenvalue weighted by molar-refractivity contribution is 6.13. The molecular weight excluding hydrogens is 573 g/mol. The second-order valence-electron chi connectivity index (χ2n) is 11.4. The lowest BCUT2D eigenvalue weighted by molar-refractivity contribution is -0.128. The lowest BCUT2D eigenvalue weighted by Gasteiger charge is -2.44. The molecule has 12 heteroatoms. The predicted octanol–water partition coefficient (Wildman–Crippen LogP) is 4.84. The van der Waals surface area contributed by atoms with Crippen LogP contribution in [0.4, 0.5) is 24.7 Å². The summed E-state index contributed by atoms with van der Waals surface area (Å²) in [4.78, 5) is 52.2. The molecule has 2 unspecified atom stereocenters. The number of rotatable bonds is 4. The van der Waals surface area contributed by atoms with Crippen LogP contribution in [0.2, 0.25) is 0 Å². The first kappa shape index (κ1) is 29.1. The van der Waals surface area contributed by atoms with Crippen molar-refractivity contribution in [2.75, 3.05) is 23.3 Å². The standard InChI is InChI=1S/C32H29F3N6O3/c1-6-21(42)39-13-17(5)40-20(14-39)31(43)37-27-23-29(25(35)22(24(27)34)18-9-7-8-10-19(18)33)41(32(44)38-30(23)40)28-16(4)11-12-36-26(28)15(2)3/h6-12,15,17,20H,1,13-14H2,2-5H3,(H,37,43). The molecule has 0 bridgehead atoms. The van der Waals surface area contributed by atoms with Crippen molar-refractivity contribution < 1.29 is 22.8 Å². The molecule has 2 aliphatic heterocycles. The number of piperazine rings is 1. The lowest BCUT2D eigenvalue weighted by atomic mass is 9.98. The topological polar surface area (TPSA) is 100 Å². The molecule has 0 radical (unpaired) electrons. The molecule has 2 aromatic heterocycles. The first-order valence-electron chi connectivity index (χ1n) is 14.1. The number of halogens is 3. The van der Waals surface area contributed by atoms with E-state index in [0.717, 1.165) is 16.7 Å². The van der Waals surface area contributed by atoms with E-state index >= 15 is 13.2 Å². The molecule has 0 saturated carbocycles. The molecule has 4 heterocycles. The van der Waals surface area contributed by atoms with E-state index in [0.29, 0.717) is 11.3 Å². The minimum atomic E-state index is -1.22. The first-order chi connectivity index (χ1) is 21.0. The molecule has 9 nitrogen and oxygen atoms in total. The summed E-state index contributed by atoms with van der Waals surface area (Å²) in [6.45, 7) is 10.7. The van der Waals surface area contributed by atoms with Crippen molar-refractivity contribution in [3.8, 4) is 16.8 Å². The summed E-state index contributed by atoms with van der Waals surface area (Å²) in [5, 5.41) is 2.42. The van der Waals surface area contributed by atoms with Crippen molar-refractivity contribution in [2.45, 2.75) is 45.7 Å². The molecule has 1 saturated heterocycles. The molecule has 2 aliphatic rings. The number of anilines is 2. The van der Waals surface area contributed by atoms with E-state index in [1.54, 1.807) is 26.1 Å². The summed E-state index contributed by atoms with van der Waals surface area (Å²) in [6, 6.07) is 5.05. The van der Waals surface area contributed by atoms with Crippen molar-refractivity contribution in [3.63, 3.8) is 0 Å². The Morgan fingerprint density at radius 3 is 2.52 bits per heavy atom. The van der Waals surface area contributed by atoms with Gasteiger partial charge in [-0.1, -0.05) is 38.6 Å². The number of hydrogen-bond acceptors (Lipinski definition) is 6. The van der Waals surface area contributed by atoms with Gasteiger partial charge in [0.2, 0.25) is 11.8 Å². The molecule has 2 atom stereocenters. The Kier molecular flexibility index (Phi) is 7.02. The van der Waals surface area contributed by atoms with Crippen LogP contribution in [0.3, 0.4) is 0 Å². The van der Waals surface area contributed by atoms with Crippen LogP contribution in [0.25, 0.3) is 27.7 Å². The van der Waals surface area contributed by atoms with Crippen LogP contribution >= 0.6 is 0 Å². The SMILES string of the molecule is C=CC(=O)N1CC(C)N2c3nc(=O)n(-c4c(C)ccnc4C(C)C)c4c(F)c(-c5ccccc5F)c(F)c(c34)NC(=O)C2C1. The summed E-state index contributed by atoms with van der Waals surface area (Å²) in [5.74, 6) is -4.77. The minimum absolute atomic E-state index is 0.120. The number of fused-ring (bicyclic) bond motifs is 2. The van der Waals surface area contributed by atoms with E-state index in [-0.39, 0.29) is 41.4 Å². The zero-order valence-corrected chi connectivity index (χ0v) is 24.5. The van der Waals surface area contributed by atoms with E-state index in [1.807, 2.05) is 13.8 Å². The van der Waals surface area contributed by atoms with Gasteiger partial charge in [0, 0.05) is 24.3 Å². The van der Waals surface area contributed by atoms with E-state index in [4.69, 9.17) is 0 Å². The van der Waals surface area contributed by atoms with Gasteiger partial charge in [0.1, 0.15) is 23.2 Å². The van der Waals surface area contributed by atoms with Gasteiger partial charge in [-0.2, -0.15) is 4.98 Å². The van der Waals surface area contributed by atoms with Crippen molar-refractivity contribution in [1.82, 2.24) is 19.4 Å². The van der Waals surface area contributed by atoms with Crippen molar-refractivity contribution >= 4 is 34.2 Å². The summed E-state index contributed by atoms with van der Waals surface area (Å²) in [7, 11) is 0. The Morgan fingerprint density at radius 2 is 1.84 bits per heavy atom. The number of nitrogens with zero attached hydrogens (tertiary/aromatic N) is 5. The van der Waals surface area contributed by atoms with Crippen LogP contribution in [-0.2, 0) is 9.59 Å². The maximum atomic E-state index is 17.1. The van der Waals surface area contributed by atoms with Crippen LogP contribution in [0.1, 0.15) is 37.9 Å². The van der Waals surface area contributed by atoms with Gasteiger partial charge in [0.15, 0.2) is 11.6 Å². The van der Waals surface area contributed by atoms with Gasteiger partial charge in [-0.3, -0.25) is 19.1 Å². The Balaban J connectivity index is 1.79. The number of aryl methyl sites for hydroxylation is 1. The zero-order chi connectivity index (χ0) is 31.6. The van der Waals surface area contributed by atoms with E-state index < -0.39 is 63.9 Å². The highest BCUT2D eigenvalue weighted by Gasteiger charge is 2.44. The first-order valence-corrected chi connectivity index (χ1v) is 14.1. The Bertz CT molecular complexity index is 1960. The van der Waals surface area contributed by atoms with Crippen LogP contribution in [0.15, 0.2) is 54.0 Å². The highest BCUT2D eigenvalue weighted by Crippen LogP contribution is 2.45. The minimum Gasteiger partial charge on any atom is -0.337 e. The predicted molar refractivity (Wildman–Crippen MR) is 160 cm³/mol. The van der Waals surface area contributed by atoms with Crippen LogP contribution in [-0.4, -0.2) is 56.4 Å². The third-order valence-electron chi connectivity index (χ3n) is 8.23. The summed E-state index contributed by atoms with van der Waals surface area (Å²) in [6.07, 6.45) is 2.70. The normalized spacial score (nSPS) is 17.9. The molecule has 2 amide bonds. The Hall–Kier alpha value is -5.00. The number of pyridine rings is 1. The van der Waals surface area contributed by atoms with Crippen LogP contribution in [0, 0.1) is 24.4 Å². The number of benzene rings is 2. The molecule has 1 fully saturated rings. The van der Waals surface area contributed by atoms with Crippen LogP contribution in [0.5, 0.6) is 0 Å². The average molecular weight is 603 g/mol. The Morgan fingerprint density at radius 1 is 1.11 bits per heavy atom. The van der Waals surface area contributed by atoms with E-state index in [2.05, 4.69) is 21.9 Å². The molecule has 1 N–H and O–H groups in total. The van der Waals surface area contributed by atoms with E-state index in [1.165, 1.54) is 28.0 Å². The fraction of sp³-hybridized carbons (Fsp3) is 0.281. The maximum absolute atomic E-state index is 17.1. The van der Waals surface area contributed by atoms with Gasteiger partial charge in [-0.25, -0.2) is 18.0 Å². The number of aromatic nitrogens is 3. The van der Waals surface area contributed by atoms with Gasteiger partial charge in [-0.05, 0) is 43.5 Å². The van der Waals surface area contributed by atoms with Crippen molar-refractivity contribution in [3.05, 3.63) is 88.4 Å². The second-order valence-corrected chi connectivity index (χ2v) is 11.4. The molecule has 2 aromatic carbocycles. The fourth-order valence-corrected chi connectivity index (χ4v) is 6.26. The quantitative estimate of drug-likeness (QED) is 0.336. The molecule has 6 rings (SSSR count). The van der Waals surface area contributed by atoms with Crippen LogP contribution < -0.4 is 15.9 Å². The monoisotopic (exact) mass is 602 g/mol. The number of amides is 2. The zero-order valence-electron chi connectivity index (χ0n) is 24.5. The third-order valence-corrected chi connectivity index (χ3v) is 8.23. The average Bonchev–Trinajstić information content (AvgIpc) is 3.11. The highest BCUT2D eigenvalue weighted by atomic mass is 19.1. The number of carbonyl (C=O) groups excluding carboxylic acids is 2. The fourth-order valence-electron chi connectivity index (χ4n) is 6.26. The third kappa shape index (κ3) is 4.27. The summed E-state index contributed by atoms with van der Waals surface area (Å²) >= 11 is 0. The molecular formula is C32H29F3N6O3.